The molecule has 4 heteroatoms. The standard InChI is InChI=1S/C18H29NO3/c1-18(2,3)16-11-15(21-4)7-8-17(16)22-13-14(20)12-19-9-5-6-10-19/h7-8,11,14,20H,5-6,9-10,12-13H2,1-4H3/t14-/m1/s1. The molecule has 1 aliphatic rings. The Bertz CT molecular complexity index is 476. The van der Waals surface area contributed by atoms with Crippen molar-refractivity contribution in [3.8, 4) is 11.5 Å². The van der Waals surface area contributed by atoms with E-state index in [0.29, 0.717) is 13.2 Å². The lowest BCUT2D eigenvalue weighted by Crippen LogP contribution is -2.34. The molecule has 1 fully saturated rings. The highest BCUT2D eigenvalue weighted by atomic mass is 16.5. The zero-order valence-electron chi connectivity index (χ0n) is 14.3. The van der Waals surface area contributed by atoms with Gasteiger partial charge in [0, 0.05) is 12.1 Å². The molecule has 0 amide bonds. The van der Waals surface area contributed by atoms with E-state index in [4.69, 9.17) is 9.47 Å². The van der Waals surface area contributed by atoms with Gasteiger partial charge in [0.1, 0.15) is 24.2 Å². The fraction of sp³-hybridized carbons (Fsp3) is 0.667. The first-order valence-electron chi connectivity index (χ1n) is 8.12. The van der Waals surface area contributed by atoms with E-state index in [1.165, 1.54) is 12.8 Å². The van der Waals surface area contributed by atoms with E-state index in [1.54, 1.807) is 7.11 Å². The SMILES string of the molecule is COc1ccc(OC[C@H](O)CN2CCCC2)c(C(C)(C)C)c1. The number of hydrogen-bond acceptors (Lipinski definition) is 4. The number of β-amino-alcohol motifs (C(OH)–C–C–N with tert-alkyl or cyclic N) is 1. The zero-order valence-corrected chi connectivity index (χ0v) is 14.3. The Morgan fingerprint density at radius 2 is 1.91 bits per heavy atom. The average Bonchev–Trinajstić information content (AvgIpc) is 2.96. The predicted octanol–water partition coefficient (Wildman–Crippen LogP) is 2.83. The molecular formula is C18H29NO3. The predicted molar refractivity (Wildman–Crippen MR) is 88.9 cm³/mol. The van der Waals surface area contributed by atoms with Crippen molar-refractivity contribution in [1.29, 1.82) is 0 Å². The minimum absolute atomic E-state index is 0.0379. The minimum Gasteiger partial charge on any atom is -0.497 e. The van der Waals surface area contributed by atoms with E-state index < -0.39 is 6.10 Å². The van der Waals surface area contributed by atoms with Crippen molar-refractivity contribution in [2.75, 3.05) is 33.4 Å². The molecule has 0 aromatic heterocycles. The number of likely N-dealkylation sites (tertiary alicyclic amines) is 1. The van der Waals surface area contributed by atoms with Crippen LogP contribution in [0.3, 0.4) is 0 Å². The van der Waals surface area contributed by atoms with E-state index in [9.17, 15) is 5.11 Å². The molecule has 1 atom stereocenters. The Labute approximate surface area is 134 Å². The van der Waals surface area contributed by atoms with Crippen LogP contribution in [0.2, 0.25) is 0 Å². The quantitative estimate of drug-likeness (QED) is 0.877. The van der Waals surface area contributed by atoms with Crippen LogP contribution >= 0.6 is 0 Å². The molecule has 0 aliphatic carbocycles. The monoisotopic (exact) mass is 307 g/mol. The molecular weight excluding hydrogens is 278 g/mol. The third kappa shape index (κ3) is 4.62. The number of rotatable bonds is 6. The molecule has 1 aromatic rings. The van der Waals surface area contributed by atoms with Gasteiger partial charge in [-0.1, -0.05) is 20.8 Å². The Hall–Kier alpha value is -1.26. The summed E-state index contributed by atoms with van der Waals surface area (Å²) in [4.78, 5) is 2.30. The highest BCUT2D eigenvalue weighted by molar-refractivity contribution is 5.44. The van der Waals surface area contributed by atoms with Crippen molar-refractivity contribution in [3.05, 3.63) is 23.8 Å². The Morgan fingerprint density at radius 3 is 2.50 bits per heavy atom. The van der Waals surface area contributed by atoms with Gasteiger partial charge in [-0.15, -0.1) is 0 Å². The number of aliphatic hydroxyl groups excluding tert-OH is 1. The molecule has 0 unspecified atom stereocenters. The summed E-state index contributed by atoms with van der Waals surface area (Å²) >= 11 is 0. The summed E-state index contributed by atoms with van der Waals surface area (Å²) in [6.45, 7) is 9.65. The third-order valence-corrected chi connectivity index (χ3v) is 4.09. The number of nitrogens with zero attached hydrogens (tertiary/aromatic N) is 1. The smallest absolute Gasteiger partial charge is 0.123 e. The van der Waals surface area contributed by atoms with Crippen molar-refractivity contribution in [2.24, 2.45) is 0 Å². The van der Waals surface area contributed by atoms with Gasteiger partial charge in [-0.2, -0.15) is 0 Å². The maximum Gasteiger partial charge on any atom is 0.123 e. The second-order valence-electron chi connectivity index (χ2n) is 7.08. The average molecular weight is 307 g/mol. The summed E-state index contributed by atoms with van der Waals surface area (Å²) < 4.78 is 11.2. The van der Waals surface area contributed by atoms with Gasteiger partial charge in [-0.3, -0.25) is 0 Å². The largest absolute Gasteiger partial charge is 0.497 e. The van der Waals surface area contributed by atoms with Gasteiger partial charge in [0.2, 0.25) is 0 Å². The fourth-order valence-electron chi connectivity index (χ4n) is 2.85. The molecule has 22 heavy (non-hydrogen) atoms. The van der Waals surface area contributed by atoms with Crippen LogP contribution in [0.4, 0.5) is 0 Å². The van der Waals surface area contributed by atoms with Gasteiger partial charge in [-0.25, -0.2) is 0 Å². The number of methoxy groups -OCH3 is 1. The van der Waals surface area contributed by atoms with Crippen molar-refractivity contribution < 1.29 is 14.6 Å². The van der Waals surface area contributed by atoms with Gasteiger partial charge >= 0.3 is 0 Å². The molecule has 4 nitrogen and oxygen atoms in total. The van der Waals surface area contributed by atoms with Gasteiger partial charge in [0.25, 0.3) is 0 Å². The molecule has 0 spiro atoms. The van der Waals surface area contributed by atoms with Crippen LogP contribution in [-0.4, -0.2) is 49.5 Å². The highest BCUT2D eigenvalue weighted by Crippen LogP contribution is 2.34. The van der Waals surface area contributed by atoms with Crippen LogP contribution in [0.1, 0.15) is 39.2 Å². The lowest BCUT2D eigenvalue weighted by atomic mass is 9.86. The first-order chi connectivity index (χ1) is 10.4. The van der Waals surface area contributed by atoms with Crippen LogP contribution in [0.5, 0.6) is 11.5 Å². The van der Waals surface area contributed by atoms with Crippen LogP contribution < -0.4 is 9.47 Å². The van der Waals surface area contributed by atoms with Gasteiger partial charge in [0.05, 0.1) is 7.11 Å². The number of aliphatic hydroxyl groups is 1. The summed E-state index contributed by atoms with van der Waals surface area (Å²) in [5.41, 5.74) is 1.06. The summed E-state index contributed by atoms with van der Waals surface area (Å²) in [5, 5.41) is 10.2. The molecule has 1 N–H and O–H groups in total. The second-order valence-corrected chi connectivity index (χ2v) is 7.08. The van der Waals surface area contributed by atoms with Crippen LogP contribution in [0, 0.1) is 0 Å². The van der Waals surface area contributed by atoms with Crippen molar-refractivity contribution in [3.63, 3.8) is 0 Å². The first kappa shape index (κ1) is 17.1. The fourth-order valence-corrected chi connectivity index (χ4v) is 2.85. The number of hydrogen-bond donors (Lipinski definition) is 1. The normalized spacial score (nSPS) is 17.5. The van der Waals surface area contributed by atoms with Crippen LogP contribution in [0.25, 0.3) is 0 Å². The summed E-state index contributed by atoms with van der Waals surface area (Å²) in [6, 6.07) is 5.85. The topological polar surface area (TPSA) is 41.9 Å². The zero-order chi connectivity index (χ0) is 16.2. The summed E-state index contributed by atoms with van der Waals surface area (Å²) in [5.74, 6) is 1.66. The first-order valence-corrected chi connectivity index (χ1v) is 8.12. The molecule has 1 heterocycles. The molecule has 2 rings (SSSR count). The molecule has 1 aliphatic heterocycles. The molecule has 1 aromatic carbocycles. The van der Waals surface area contributed by atoms with Gasteiger partial charge in [0.15, 0.2) is 0 Å². The Morgan fingerprint density at radius 1 is 1.23 bits per heavy atom. The van der Waals surface area contributed by atoms with E-state index >= 15 is 0 Å². The van der Waals surface area contributed by atoms with Crippen LogP contribution in [0.15, 0.2) is 18.2 Å². The van der Waals surface area contributed by atoms with Crippen molar-refractivity contribution in [2.45, 2.75) is 45.1 Å². The second kappa shape index (κ2) is 7.34. The van der Waals surface area contributed by atoms with E-state index in [-0.39, 0.29) is 5.41 Å². The molecule has 0 radical (unpaired) electrons. The van der Waals surface area contributed by atoms with Gasteiger partial charge < -0.3 is 19.5 Å². The maximum atomic E-state index is 10.2. The molecule has 124 valence electrons. The molecule has 1 saturated heterocycles. The van der Waals surface area contributed by atoms with Crippen molar-refractivity contribution in [1.82, 2.24) is 4.90 Å². The van der Waals surface area contributed by atoms with Gasteiger partial charge in [-0.05, 0) is 49.5 Å². The van der Waals surface area contributed by atoms with Crippen LogP contribution in [-0.2, 0) is 5.41 Å². The maximum absolute atomic E-state index is 10.2. The Kier molecular flexibility index (Phi) is 5.70. The van der Waals surface area contributed by atoms with E-state index in [1.807, 2.05) is 18.2 Å². The lowest BCUT2D eigenvalue weighted by Gasteiger charge is -2.25. The minimum atomic E-state index is -0.451. The van der Waals surface area contributed by atoms with E-state index in [0.717, 1.165) is 30.2 Å². The highest BCUT2D eigenvalue weighted by Gasteiger charge is 2.21. The molecule has 0 bridgehead atoms. The summed E-state index contributed by atoms with van der Waals surface area (Å²) in [7, 11) is 1.67. The number of ether oxygens (including phenoxy) is 2. The number of benzene rings is 1. The molecule has 0 saturated carbocycles. The third-order valence-electron chi connectivity index (χ3n) is 4.09. The van der Waals surface area contributed by atoms with E-state index in [2.05, 4.69) is 25.7 Å². The lowest BCUT2D eigenvalue weighted by molar-refractivity contribution is 0.0750. The Balaban J connectivity index is 1.99. The van der Waals surface area contributed by atoms with Crippen molar-refractivity contribution >= 4 is 0 Å². The summed E-state index contributed by atoms with van der Waals surface area (Å²) in [6.07, 6.45) is 2.02.